The van der Waals surface area contributed by atoms with E-state index in [2.05, 4.69) is 4.98 Å². The molecule has 0 saturated heterocycles. The fourth-order valence-electron chi connectivity index (χ4n) is 3.73. The molecule has 2 aliphatic rings. The van der Waals surface area contributed by atoms with Crippen molar-refractivity contribution in [1.82, 2.24) is 14.5 Å². The van der Waals surface area contributed by atoms with E-state index in [0.29, 0.717) is 24.6 Å². The molecule has 1 aliphatic carbocycles. The molecule has 27 heavy (non-hydrogen) atoms. The van der Waals surface area contributed by atoms with Crippen molar-refractivity contribution in [1.29, 1.82) is 0 Å². The van der Waals surface area contributed by atoms with Gasteiger partial charge >= 0.3 is 0 Å². The number of fused-ring (bicyclic) bond motifs is 2. The van der Waals surface area contributed by atoms with Crippen LogP contribution in [-0.4, -0.2) is 20.4 Å². The van der Waals surface area contributed by atoms with Crippen LogP contribution >= 0.6 is 22.9 Å². The molecular formula is C20H18ClN3O2S. The normalized spacial score (nSPS) is 16.2. The summed E-state index contributed by atoms with van der Waals surface area (Å²) in [6, 6.07) is 5.73. The van der Waals surface area contributed by atoms with E-state index in [1.54, 1.807) is 27.9 Å². The van der Waals surface area contributed by atoms with Crippen LogP contribution in [0.3, 0.4) is 0 Å². The first-order valence-electron chi connectivity index (χ1n) is 9.00. The maximum atomic E-state index is 13.1. The van der Waals surface area contributed by atoms with Gasteiger partial charge in [-0.05, 0) is 49.1 Å². The molecule has 2 aromatic heterocycles. The first-order valence-corrected chi connectivity index (χ1v) is 10.2. The SMILES string of the molecule is Cc1c2c(n(C)c(=O)c1Cl)CN(C(=O)c1ccc3nc(C4CC4)sc3c1)C2. The zero-order chi connectivity index (χ0) is 18.9. The summed E-state index contributed by atoms with van der Waals surface area (Å²) in [5.74, 6) is 0.584. The van der Waals surface area contributed by atoms with Crippen LogP contribution < -0.4 is 5.56 Å². The molecule has 138 valence electrons. The molecule has 0 bridgehead atoms. The fraction of sp³-hybridized carbons (Fsp3) is 0.350. The minimum atomic E-state index is -0.207. The maximum Gasteiger partial charge on any atom is 0.269 e. The first-order chi connectivity index (χ1) is 12.9. The van der Waals surface area contributed by atoms with Crippen LogP contribution in [-0.2, 0) is 20.1 Å². The highest BCUT2D eigenvalue weighted by atomic mass is 35.5. The lowest BCUT2D eigenvalue weighted by Gasteiger charge is -2.15. The lowest BCUT2D eigenvalue weighted by Crippen LogP contribution is -2.26. The molecule has 0 unspecified atom stereocenters. The summed E-state index contributed by atoms with van der Waals surface area (Å²) in [6.45, 7) is 2.74. The zero-order valence-corrected chi connectivity index (χ0v) is 16.7. The monoisotopic (exact) mass is 399 g/mol. The summed E-state index contributed by atoms with van der Waals surface area (Å²) in [5.41, 5.74) is 4.04. The lowest BCUT2D eigenvalue weighted by molar-refractivity contribution is 0.0749. The van der Waals surface area contributed by atoms with Crippen molar-refractivity contribution in [2.45, 2.75) is 38.8 Å². The highest BCUT2D eigenvalue weighted by Crippen LogP contribution is 2.43. The molecule has 5 nitrogen and oxygen atoms in total. The standard InChI is InChI=1S/C20H18ClN3O2S/c1-10-13-8-24(9-15(13)23(2)20(26)17(10)21)19(25)12-5-6-14-16(7-12)27-18(22-14)11-3-4-11/h5-7,11H,3-4,8-9H2,1-2H3. The Balaban J connectivity index is 1.48. The number of rotatable bonds is 2. The number of amides is 1. The fourth-order valence-corrected chi connectivity index (χ4v) is 5.14. The van der Waals surface area contributed by atoms with E-state index >= 15 is 0 Å². The Morgan fingerprint density at radius 1 is 1.30 bits per heavy atom. The van der Waals surface area contributed by atoms with Gasteiger partial charge in [0, 0.05) is 30.8 Å². The van der Waals surface area contributed by atoms with Gasteiger partial charge in [-0.3, -0.25) is 9.59 Å². The molecule has 0 atom stereocenters. The van der Waals surface area contributed by atoms with Crippen molar-refractivity contribution in [2.24, 2.45) is 7.05 Å². The second-order valence-corrected chi connectivity index (χ2v) is 8.84. The Morgan fingerprint density at radius 2 is 2.07 bits per heavy atom. The summed E-state index contributed by atoms with van der Waals surface area (Å²) in [6.07, 6.45) is 2.44. The maximum absolute atomic E-state index is 13.1. The van der Waals surface area contributed by atoms with E-state index in [9.17, 15) is 9.59 Å². The van der Waals surface area contributed by atoms with Gasteiger partial charge in [-0.25, -0.2) is 4.98 Å². The van der Waals surface area contributed by atoms with E-state index in [1.165, 1.54) is 17.8 Å². The third kappa shape index (κ3) is 2.62. The van der Waals surface area contributed by atoms with Crippen LogP contribution in [0.15, 0.2) is 23.0 Å². The van der Waals surface area contributed by atoms with Crippen molar-refractivity contribution in [3.8, 4) is 0 Å². The molecule has 7 heteroatoms. The molecule has 5 rings (SSSR count). The molecule has 3 aromatic rings. The molecule has 1 fully saturated rings. The number of aromatic nitrogens is 2. The van der Waals surface area contributed by atoms with Crippen LogP contribution in [0.2, 0.25) is 5.02 Å². The van der Waals surface area contributed by atoms with Crippen molar-refractivity contribution in [2.75, 3.05) is 0 Å². The van der Waals surface area contributed by atoms with Crippen LogP contribution in [0.1, 0.15) is 50.9 Å². The largest absolute Gasteiger partial charge is 0.328 e. The van der Waals surface area contributed by atoms with Gasteiger partial charge in [-0.2, -0.15) is 0 Å². The number of carbonyl (C=O) groups excluding carboxylic acids is 1. The second kappa shape index (κ2) is 5.91. The van der Waals surface area contributed by atoms with E-state index in [0.717, 1.165) is 27.0 Å². The van der Waals surface area contributed by atoms with Gasteiger partial charge < -0.3 is 9.47 Å². The molecule has 3 heterocycles. The predicted octanol–water partition coefficient (Wildman–Crippen LogP) is 3.99. The average molecular weight is 400 g/mol. The number of hydrogen-bond donors (Lipinski definition) is 0. The molecular weight excluding hydrogens is 382 g/mol. The van der Waals surface area contributed by atoms with E-state index in [4.69, 9.17) is 11.6 Å². The molecule has 1 aliphatic heterocycles. The first kappa shape index (κ1) is 17.0. The third-order valence-corrected chi connectivity index (χ3v) is 7.21. The quantitative estimate of drug-likeness (QED) is 0.654. The summed E-state index contributed by atoms with van der Waals surface area (Å²) < 4.78 is 2.62. The Kier molecular flexibility index (Phi) is 3.71. The molecule has 1 aromatic carbocycles. The van der Waals surface area contributed by atoms with Crippen molar-refractivity contribution in [3.63, 3.8) is 0 Å². The van der Waals surface area contributed by atoms with Gasteiger partial charge in [0.25, 0.3) is 11.5 Å². The third-order valence-electron chi connectivity index (χ3n) is 5.58. The van der Waals surface area contributed by atoms with Crippen molar-refractivity contribution in [3.05, 3.63) is 61.0 Å². The predicted molar refractivity (Wildman–Crippen MR) is 107 cm³/mol. The van der Waals surface area contributed by atoms with Gasteiger partial charge in [0.2, 0.25) is 0 Å². The molecule has 0 N–H and O–H groups in total. The Morgan fingerprint density at radius 3 is 2.81 bits per heavy atom. The molecule has 1 saturated carbocycles. The Hall–Kier alpha value is -2.18. The minimum absolute atomic E-state index is 0.0301. The number of thiazole rings is 1. The van der Waals surface area contributed by atoms with Gasteiger partial charge in [0.15, 0.2) is 0 Å². The Labute approximate surface area is 165 Å². The van der Waals surface area contributed by atoms with Crippen LogP contribution in [0.4, 0.5) is 0 Å². The van der Waals surface area contributed by atoms with E-state index in [1.807, 2.05) is 25.1 Å². The number of benzene rings is 1. The number of hydrogen-bond acceptors (Lipinski definition) is 4. The molecule has 1 amide bonds. The van der Waals surface area contributed by atoms with Gasteiger partial charge in [-0.1, -0.05) is 11.6 Å². The Bertz CT molecular complexity index is 1180. The number of carbonyl (C=O) groups is 1. The molecule has 0 radical (unpaired) electrons. The van der Waals surface area contributed by atoms with E-state index in [-0.39, 0.29) is 16.5 Å². The summed E-state index contributed by atoms with van der Waals surface area (Å²) in [5, 5.41) is 1.42. The van der Waals surface area contributed by atoms with Crippen molar-refractivity contribution < 1.29 is 4.79 Å². The van der Waals surface area contributed by atoms with Crippen LogP contribution in [0.25, 0.3) is 10.2 Å². The minimum Gasteiger partial charge on any atom is -0.328 e. The average Bonchev–Trinajstić information content (AvgIpc) is 3.28. The summed E-state index contributed by atoms with van der Waals surface area (Å²) in [7, 11) is 1.71. The van der Waals surface area contributed by atoms with Gasteiger partial charge in [-0.15, -0.1) is 11.3 Å². The summed E-state index contributed by atoms with van der Waals surface area (Å²) >= 11 is 7.86. The van der Waals surface area contributed by atoms with Crippen molar-refractivity contribution >= 4 is 39.1 Å². The smallest absolute Gasteiger partial charge is 0.269 e. The van der Waals surface area contributed by atoms with Crippen LogP contribution in [0, 0.1) is 6.92 Å². The number of pyridine rings is 1. The highest BCUT2D eigenvalue weighted by molar-refractivity contribution is 7.18. The van der Waals surface area contributed by atoms with Gasteiger partial charge in [0.05, 0.1) is 21.8 Å². The topological polar surface area (TPSA) is 55.2 Å². The van der Waals surface area contributed by atoms with E-state index < -0.39 is 0 Å². The molecule has 0 spiro atoms. The number of nitrogens with zero attached hydrogens (tertiary/aromatic N) is 3. The second-order valence-electron chi connectivity index (χ2n) is 7.40. The number of halogens is 1. The zero-order valence-electron chi connectivity index (χ0n) is 15.1. The van der Waals surface area contributed by atoms with Crippen LogP contribution in [0.5, 0.6) is 0 Å². The summed E-state index contributed by atoms with van der Waals surface area (Å²) in [4.78, 5) is 31.8. The lowest BCUT2D eigenvalue weighted by atomic mass is 10.1. The highest BCUT2D eigenvalue weighted by Gasteiger charge is 2.30. The van der Waals surface area contributed by atoms with Gasteiger partial charge in [0.1, 0.15) is 5.02 Å².